The van der Waals surface area contributed by atoms with Crippen LogP contribution in [-0.4, -0.2) is 76.6 Å². The first-order valence-electron chi connectivity index (χ1n) is 8.32. The maximum absolute atomic E-state index is 12.3. The van der Waals surface area contributed by atoms with Crippen molar-refractivity contribution in [3.05, 3.63) is 0 Å². The Morgan fingerprint density at radius 1 is 1.00 bits per heavy atom. The van der Waals surface area contributed by atoms with Crippen molar-refractivity contribution in [3.8, 4) is 0 Å². The lowest BCUT2D eigenvalue weighted by molar-refractivity contribution is -0.131. The van der Waals surface area contributed by atoms with Gasteiger partial charge in [-0.1, -0.05) is 38.3 Å². The highest BCUT2D eigenvalue weighted by molar-refractivity contribution is 8.11. The molecule has 0 spiro atoms. The highest BCUT2D eigenvalue weighted by Gasteiger charge is 2.16. The molecule has 0 aliphatic heterocycles. The normalized spacial score (nSPS) is 10.6. The molecule has 9 N–H and O–H groups in total. The summed E-state index contributed by atoms with van der Waals surface area (Å²) in [5, 5.41) is 2.92. The third-order valence-electron chi connectivity index (χ3n) is 2.59. The van der Waals surface area contributed by atoms with E-state index in [-0.39, 0.29) is 12.5 Å². The second-order valence-electron chi connectivity index (χ2n) is 5.50. The number of hydrogen-bond acceptors (Lipinski definition) is 5. The standard InChI is InChI=1S/C12H23N3OS4.H4NO3P.H4NO2PS/c1-3-6-14(7-4-2)10(16)9-15(12(19)20)8-5-13-11(17)18;1-5(2,3)4;1-4(2,3)5/h3-9H2,1-2H3,(H,19,20)(H2,13,17,18);(H4,1,2,3,4);(H4,1,2,3,5). The summed E-state index contributed by atoms with van der Waals surface area (Å²) >= 11 is 21.9. The van der Waals surface area contributed by atoms with E-state index in [1.165, 1.54) is 0 Å². The van der Waals surface area contributed by atoms with E-state index >= 15 is 0 Å². The fourth-order valence-corrected chi connectivity index (χ4v) is 2.24. The van der Waals surface area contributed by atoms with Crippen LogP contribution in [-0.2, 0) is 21.2 Å². The van der Waals surface area contributed by atoms with Gasteiger partial charge in [-0.25, -0.2) is 10.1 Å². The average molecular weight is 564 g/mol. The first-order valence-corrected chi connectivity index (χ1v) is 14.5. The second kappa shape index (κ2) is 19.1. The van der Waals surface area contributed by atoms with Crippen molar-refractivity contribution in [2.75, 3.05) is 32.7 Å². The molecule has 180 valence electrons. The van der Waals surface area contributed by atoms with Gasteiger partial charge in [-0.2, -0.15) is 0 Å². The molecular formula is C12H31N5O6P2S5. The predicted molar refractivity (Wildman–Crippen MR) is 139 cm³/mol. The van der Waals surface area contributed by atoms with Gasteiger partial charge in [-0.15, -0.1) is 25.3 Å². The van der Waals surface area contributed by atoms with Gasteiger partial charge in [0.1, 0.15) is 8.64 Å². The second-order valence-corrected chi connectivity index (χ2v) is 11.7. The minimum absolute atomic E-state index is 0.0820. The molecule has 0 saturated carbocycles. The number of nitrogens with zero attached hydrogens (tertiary/aromatic N) is 2. The summed E-state index contributed by atoms with van der Waals surface area (Å²) < 4.78 is 9.95. The zero-order valence-electron chi connectivity index (χ0n) is 16.6. The van der Waals surface area contributed by atoms with Crippen molar-refractivity contribution >= 4 is 90.4 Å². The largest absolute Gasteiger partial charge is 0.397 e. The van der Waals surface area contributed by atoms with E-state index in [0.717, 1.165) is 25.9 Å². The summed E-state index contributed by atoms with van der Waals surface area (Å²) in [5.41, 5.74) is 8.41. The molecule has 18 heteroatoms. The molecule has 0 unspecified atom stereocenters. The Hall–Kier alpha value is 0.590. The molecule has 11 nitrogen and oxygen atoms in total. The fraction of sp³-hybridized carbons (Fsp3) is 0.750. The van der Waals surface area contributed by atoms with Crippen LogP contribution in [0.2, 0.25) is 0 Å². The van der Waals surface area contributed by atoms with E-state index in [1.807, 2.05) is 4.90 Å². The summed E-state index contributed by atoms with van der Waals surface area (Å²) in [7, 11) is -4.14. The summed E-state index contributed by atoms with van der Waals surface area (Å²) in [5.74, 6) is 0.0820. The molecule has 0 radical (unpaired) electrons. The number of hydrogen-bond donors (Lipinski definition) is 9. The van der Waals surface area contributed by atoms with Crippen molar-refractivity contribution in [2.45, 2.75) is 26.7 Å². The first-order chi connectivity index (χ1) is 13.4. The Morgan fingerprint density at radius 3 is 1.63 bits per heavy atom. The predicted octanol–water partition coefficient (Wildman–Crippen LogP) is 0.148. The highest BCUT2D eigenvalue weighted by atomic mass is 32.5. The van der Waals surface area contributed by atoms with Crippen LogP contribution in [0.5, 0.6) is 0 Å². The lowest BCUT2D eigenvalue weighted by Crippen LogP contribution is -2.44. The molecule has 0 aromatic heterocycles. The van der Waals surface area contributed by atoms with E-state index in [2.05, 4.69) is 67.2 Å². The SMILES string of the molecule is CCCN(CCC)C(=O)CN(CCNC(=S)S)C(=S)S.NP(=O)(O)O.NP(O)(O)=S. The van der Waals surface area contributed by atoms with E-state index in [4.69, 9.17) is 48.6 Å². The Morgan fingerprint density at radius 2 is 1.37 bits per heavy atom. The molecule has 0 aliphatic carbocycles. The number of thiol groups is 2. The molecule has 1 amide bonds. The van der Waals surface area contributed by atoms with Gasteiger partial charge in [0.05, 0.1) is 6.54 Å². The molecule has 0 fully saturated rings. The zero-order valence-corrected chi connectivity index (χ0v) is 22.6. The summed E-state index contributed by atoms with van der Waals surface area (Å²) in [6.45, 7) is 3.78. The first kappa shape index (κ1) is 35.2. The number of carbonyl (C=O) groups excluding carboxylic acids is 1. The summed E-state index contributed by atoms with van der Waals surface area (Å²) in [6.07, 6.45) is 1.90. The quantitative estimate of drug-likeness (QED) is 0.105. The molecular weight excluding hydrogens is 532 g/mol. The molecule has 0 aromatic rings. The Labute approximate surface area is 204 Å². The van der Waals surface area contributed by atoms with Gasteiger partial charge in [0.25, 0.3) is 6.64 Å². The molecule has 0 rings (SSSR count). The Balaban J connectivity index is -0.000000599. The molecule has 0 saturated heterocycles. The summed E-state index contributed by atoms with van der Waals surface area (Å²) in [4.78, 5) is 46.3. The minimum atomic E-state index is -4.14. The molecule has 0 heterocycles. The number of nitrogens with two attached hydrogens (primary N) is 2. The summed E-state index contributed by atoms with van der Waals surface area (Å²) in [6, 6.07) is 0. The van der Waals surface area contributed by atoms with Crippen LogP contribution in [0.3, 0.4) is 0 Å². The Kier molecular flexibility index (Phi) is 22.4. The van der Waals surface area contributed by atoms with E-state index in [9.17, 15) is 4.79 Å². The molecule has 0 aliphatic rings. The maximum atomic E-state index is 12.3. The van der Waals surface area contributed by atoms with Crippen LogP contribution >= 0.6 is 64.1 Å². The van der Waals surface area contributed by atoms with Crippen LogP contribution in [0.1, 0.15) is 26.7 Å². The van der Waals surface area contributed by atoms with Crippen LogP contribution in [0, 0.1) is 0 Å². The van der Waals surface area contributed by atoms with Crippen LogP contribution in [0.4, 0.5) is 0 Å². The van der Waals surface area contributed by atoms with Crippen LogP contribution < -0.4 is 16.3 Å². The number of carbonyl (C=O) groups is 1. The van der Waals surface area contributed by atoms with Gasteiger partial charge in [0.2, 0.25) is 5.91 Å². The Bertz CT molecular complexity index is 578. The smallest absolute Gasteiger partial charge is 0.369 e. The van der Waals surface area contributed by atoms with Crippen molar-refractivity contribution in [2.24, 2.45) is 11.0 Å². The molecule has 0 bridgehead atoms. The van der Waals surface area contributed by atoms with Crippen LogP contribution in [0.15, 0.2) is 0 Å². The van der Waals surface area contributed by atoms with Gasteiger partial charge in [-0.3, -0.25) is 10.3 Å². The van der Waals surface area contributed by atoms with Gasteiger partial charge >= 0.3 is 7.75 Å². The van der Waals surface area contributed by atoms with E-state index in [0.29, 0.717) is 21.7 Å². The molecule has 0 aromatic carbocycles. The van der Waals surface area contributed by atoms with Crippen molar-refractivity contribution in [3.63, 3.8) is 0 Å². The highest BCUT2D eigenvalue weighted by Crippen LogP contribution is 2.20. The van der Waals surface area contributed by atoms with E-state index < -0.39 is 14.4 Å². The van der Waals surface area contributed by atoms with Crippen molar-refractivity contribution < 1.29 is 28.9 Å². The number of thiocarbonyl (C=S) groups is 2. The third kappa shape index (κ3) is 36.0. The number of amides is 1. The molecule has 30 heavy (non-hydrogen) atoms. The fourth-order valence-electron chi connectivity index (χ4n) is 1.70. The van der Waals surface area contributed by atoms with Gasteiger partial charge in [0, 0.05) is 26.2 Å². The average Bonchev–Trinajstić information content (AvgIpc) is 2.49. The van der Waals surface area contributed by atoms with Gasteiger partial charge in [-0.05, 0) is 24.6 Å². The van der Waals surface area contributed by atoms with Crippen molar-refractivity contribution in [1.29, 1.82) is 0 Å². The lowest BCUT2D eigenvalue weighted by Gasteiger charge is -2.27. The monoisotopic (exact) mass is 563 g/mol. The van der Waals surface area contributed by atoms with Crippen LogP contribution in [0.25, 0.3) is 0 Å². The van der Waals surface area contributed by atoms with Gasteiger partial charge < -0.3 is 34.7 Å². The van der Waals surface area contributed by atoms with E-state index in [1.54, 1.807) is 4.90 Å². The lowest BCUT2D eigenvalue weighted by atomic mass is 10.3. The maximum Gasteiger partial charge on any atom is 0.397 e. The van der Waals surface area contributed by atoms with Gasteiger partial charge in [0.15, 0.2) is 0 Å². The zero-order chi connectivity index (χ0) is 24.5. The number of nitrogens with one attached hydrogen (secondary N) is 1. The minimum Gasteiger partial charge on any atom is -0.369 e. The third-order valence-corrected chi connectivity index (χ3v) is 3.44. The molecule has 0 atom stereocenters. The topological polar surface area (TPSA) is 186 Å². The van der Waals surface area contributed by atoms with Crippen molar-refractivity contribution in [1.82, 2.24) is 15.1 Å². The number of rotatable bonds is 9.